The highest BCUT2D eigenvalue weighted by Gasteiger charge is 2.10. The molecule has 1 aromatic carbocycles. The SMILES string of the molecule is C=CCN(CC=C)C(=O)CSc1ccc(F)cc1. The first-order valence-electron chi connectivity index (χ1n) is 5.55. The lowest BCUT2D eigenvalue weighted by molar-refractivity contribution is -0.127. The summed E-state index contributed by atoms with van der Waals surface area (Å²) in [6.07, 6.45) is 3.37. The number of hydrogen-bond acceptors (Lipinski definition) is 2. The molecule has 0 atom stereocenters. The van der Waals surface area contributed by atoms with Crippen LogP contribution in [0.1, 0.15) is 0 Å². The minimum Gasteiger partial charge on any atom is -0.335 e. The average molecular weight is 265 g/mol. The number of hydrogen-bond donors (Lipinski definition) is 0. The minimum absolute atomic E-state index is 0.0177. The topological polar surface area (TPSA) is 20.3 Å². The third kappa shape index (κ3) is 4.75. The van der Waals surface area contributed by atoms with Gasteiger partial charge in [-0.05, 0) is 24.3 Å². The van der Waals surface area contributed by atoms with Crippen molar-refractivity contribution in [1.82, 2.24) is 4.90 Å². The summed E-state index contributed by atoms with van der Waals surface area (Å²) in [4.78, 5) is 14.4. The fourth-order valence-electron chi connectivity index (χ4n) is 1.36. The molecule has 1 aromatic rings. The molecule has 0 aliphatic rings. The van der Waals surface area contributed by atoms with Gasteiger partial charge in [-0.3, -0.25) is 4.79 Å². The van der Waals surface area contributed by atoms with Gasteiger partial charge in [-0.2, -0.15) is 0 Å². The summed E-state index contributed by atoms with van der Waals surface area (Å²) in [7, 11) is 0. The van der Waals surface area contributed by atoms with Gasteiger partial charge in [-0.1, -0.05) is 12.2 Å². The maximum absolute atomic E-state index is 12.7. The summed E-state index contributed by atoms with van der Waals surface area (Å²) in [5.41, 5.74) is 0. The lowest BCUT2D eigenvalue weighted by Gasteiger charge is -2.18. The first kappa shape index (κ1) is 14.5. The van der Waals surface area contributed by atoms with Crippen molar-refractivity contribution >= 4 is 17.7 Å². The molecule has 0 aliphatic carbocycles. The summed E-state index contributed by atoms with van der Waals surface area (Å²) < 4.78 is 12.7. The van der Waals surface area contributed by atoms with Crippen LogP contribution < -0.4 is 0 Å². The molecule has 0 saturated heterocycles. The Kier molecular flexibility index (Phi) is 6.22. The molecule has 4 heteroatoms. The van der Waals surface area contributed by atoms with Crippen LogP contribution in [0, 0.1) is 5.82 Å². The second-order valence-electron chi connectivity index (χ2n) is 3.62. The molecule has 0 unspecified atom stereocenters. The molecule has 0 aliphatic heterocycles. The molecule has 0 N–H and O–H groups in total. The molecule has 1 amide bonds. The Morgan fingerprint density at radius 3 is 2.28 bits per heavy atom. The van der Waals surface area contributed by atoms with E-state index < -0.39 is 0 Å². The Morgan fingerprint density at radius 2 is 1.78 bits per heavy atom. The van der Waals surface area contributed by atoms with Crippen LogP contribution in [0.2, 0.25) is 0 Å². The monoisotopic (exact) mass is 265 g/mol. The van der Waals surface area contributed by atoms with Crippen LogP contribution in [0.4, 0.5) is 4.39 Å². The van der Waals surface area contributed by atoms with Crippen molar-refractivity contribution < 1.29 is 9.18 Å². The van der Waals surface area contributed by atoms with E-state index in [2.05, 4.69) is 13.2 Å². The van der Waals surface area contributed by atoms with E-state index in [4.69, 9.17) is 0 Å². The van der Waals surface area contributed by atoms with Crippen molar-refractivity contribution in [3.05, 3.63) is 55.4 Å². The largest absolute Gasteiger partial charge is 0.335 e. The van der Waals surface area contributed by atoms with Crippen molar-refractivity contribution in [2.75, 3.05) is 18.8 Å². The van der Waals surface area contributed by atoms with Crippen LogP contribution in [0.15, 0.2) is 54.5 Å². The Bertz CT molecular complexity index is 406. The highest BCUT2D eigenvalue weighted by Crippen LogP contribution is 2.18. The lowest BCUT2D eigenvalue weighted by atomic mass is 10.4. The molecule has 96 valence electrons. The van der Waals surface area contributed by atoms with Gasteiger partial charge in [0.25, 0.3) is 0 Å². The average Bonchev–Trinajstić information content (AvgIpc) is 2.37. The Balaban J connectivity index is 2.50. The second-order valence-corrected chi connectivity index (χ2v) is 4.67. The molecule has 0 spiro atoms. The smallest absolute Gasteiger partial charge is 0.233 e. The van der Waals surface area contributed by atoms with Crippen LogP contribution in [0.5, 0.6) is 0 Å². The summed E-state index contributed by atoms with van der Waals surface area (Å²) in [6.45, 7) is 8.25. The minimum atomic E-state index is -0.273. The molecule has 18 heavy (non-hydrogen) atoms. The molecule has 0 bridgehead atoms. The van der Waals surface area contributed by atoms with Gasteiger partial charge in [0, 0.05) is 18.0 Å². The van der Waals surface area contributed by atoms with Crippen LogP contribution in [-0.2, 0) is 4.79 Å². The van der Waals surface area contributed by atoms with Crippen molar-refractivity contribution in [3.63, 3.8) is 0 Å². The highest BCUT2D eigenvalue weighted by molar-refractivity contribution is 8.00. The molecule has 2 nitrogen and oxygen atoms in total. The molecule has 0 saturated carbocycles. The standard InChI is InChI=1S/C14H16FNOS/c1-3-9-16(10-4-2)14(17)11-18-13-7-5-12(15)6-8-13/h3-8H,1-2,9-11H2. The number of rotatable bonds is 7. The zero-order chi connectivity index (χ0) is 13.4. The number of nitrogens with zero attached hydrogens (tertiary/aromatic N) is 1. The Morgan fingerprint density at radius 1 is 1.22 bits per heavy atom. The van der Waals surface area contributed by atoms with Gasteiger partial charge in [0.05, 0.1) is 5.75 Å². The molecule has 0 radical (unpaired) electrons. The van der Waals surface area contributed by atoms with E-state index in [9.17, 15) is 9.18 Å². The number of carbonyl (C=O) groups excluding carboxylic acids is 1. The van der Waals surface area contributed by atoms with Crippen molar-refractivity contribution in [2.24, 2.45) is 0 Å². The van der Waals surface area contributed by atoms with Gasteiger partial charge in [0.2, 0.25) is 5.91 Å². The van der Waals surface area contributed by atoms with Crippen molar-refractivity contribution in [2.45, 2.75) is 4.90 Å². The molecular weight excluding hydrogens is 249 g/mol. The van der Waals surface area contributed by atoms with E-state index in [-0.39, 0.29) is 11.7 Å². The van der Waals surface area contributed by atoms with Crippen molar-refractivity contribution in [3.8, 4) is 0 Å². The van der Waals surface area contributed by atoms with Gasteiger partial charge < -0.3 is 4.90 Å². The van der Waals surface area contributed by atoms with Crippen LogP contribution in [0.25, 0.3) is 0 Å². The number of carbonyl (C=O) groups is 1. The van der Waals surface area contributed by atoms with E-state index in [1.807, 2.05) is 0 Å². The fourth-order valence-corrected chi connectivity index (χ4v) is 2.16. The molecule has 1 rings (SSSR count). The zero-order valence-electron chi connectivity index (χ0n) is 10.1. The normalized spacial score (nSPS) is 9.83. The molecule has 0 aromatic heterocycles. The summed E-state index contributed by atoms with van der Waals surface area (Å²) in [5.74, 6) is 0.0718. The first-order chi connectivity index (χ1) is 8.67. The first-order valence-corrected chi connectivity index (χ1v) is 6.54. The number of amides is 1. The molecule has 0 heterocycles. The highest BCUT2D eigenvalue weighted by atomic mass is 32.2. The predicted octanol–water partition coefficient (Wildman–Crippen LogP) is 3.12. The zero-order valence-corrected chi connectivity index (χ0v) is 11.0. The van der Waals surface area contributed by atoms with Gasteiger partial charge >= 0.3 is 0 Å². The van der Waals surface area contributed by atoms with Gasteiger partial charge in [-0.15, -0.1) is 24.9 Å². The Labute approximate surface area is 111 Å². The van der Waals surface area contributed by atoms with Crippen LogP contribution in [0.3, 0.4) is 0 Å². The Hall–Kier alpha value is -1.55. The van der Waals surface area contributed by atoms with E-state index in [0.29, 0.717) is 18.8 Å². The third-order valence-corrected chi connectivity index (χ3v) is 3.22. The third-order valence-electron chi connectivity index (χ3n) is 2.23. The second kappa shape index (κ2) is 7.71. The quantitative estimate of drug-likeness (QED) is 0.557. The van der Waals surface area contributed by atoms with Crippen LogP contribution >= 0.6 is 11.8 Å². The van der Waals surface area contributed by atoms with Crippen LogP contribution in [-0.4, -0.2) is 29.6 Å². The maximum atomic E-state index is 12.7. The molecule has 0 fully saturated rings. The summed E-state index contributed by atoms with van der Waals surface area (Å²) in [5, 5.41) is 0. The van der Waals surface area contributed by atoms with E-state index >= 15 is 0 Å². The predicted molar refractivity (Wildman–Crippen MR) is 74.1 cm³/mol. The lowest BCUT2D eigenvalue weighted by Crippen LogP contribution is -2.32. The molecular formula is C14H16FNOS. The number of benzene rings is 1. The van der Waals surface area contributed by atoms with Gasteiger partial charge in [0.15, 0.2) is 0 Å². The van der Waals surface area contributed by atoms with E-state index in [0.717, 1.165) is 4.90 Å². The van der Waals surface area contributed by atoms with Gasteiger partial charge in [0.1, 0.15) is 5.82 Å². The van der Waals surface area contributed by atoms with E-state index in [1.165, 1.54) is 23.9 Å². The maximum Gasteiger partial charge on any atom is 0.233 e. The fraction of sp³-hybridized carbons (Fsp3) is 0.214. The summed E-state index contributed by atoms with van der Waals surface area (Å²) >= 11 is 1.39. The summed E-state index contributed by atoms with van der Waals surface area (Å²) in [6, 6.07) is 6.10. The van der Waals surface area contributed by atoms with Gasteiger partial charge in [-0.25, -0.2) is 4.39 Å². The number of halogens is 1. The van der Waals surface area contributed by atoms with E-state index in [1.54, 1.807) is 29.2 Å². The van der Waals surface area contributed by atoms with Crippen molar-refractivity contribution in [1.29, 1.82) is 0 Å². The number of thioether (sulfide) groups is 1.